The van der Waals surface area contributed by atoms with E-state index in [4.69, 9.17) is 10.5 Å². The van der Waals surface area contributed by atoms with Crippen molar-refractivity contribution in [3.8, 4) is 5.75 Å². The third kappa shape index (κ3) is 5.61. The van der Waals surface area contributed by atoms with Gasteiger partial charge in [-0.25, -0.2) is 0 Å². The third-order valence-corrected chi connectivity index (χ3v) is 5.35. The number of nitrogens with zero attached hydrogens (tertiary/aromatic N) is 1. The molecule has 1 amide bonds. The number of hydrogen-bond acceptors (Lipinski definition) is 3. The van der Waals surface area contributed by atoms with Gasteiger partial charge in [-0.1, -0.05) is 12.1 Å². The number of ether oxygens (including phenoxy) is 1. The SMILES string of the molecule is Cl.NCC1CCCCN1C(=O)CCc1cccc(OC2CCCC2)c1. The molecule has 5 heteroatoms. The van der Waals surface area contributed by atoms with Gasteiger partial charge in [0.05, 0.1) is 6.10 Å². The molecular formula is C20H31ClN2O2. The average Bonchev–Trinajstić information content (AvgIpc) is 3.13. The molecule has 1 atom stereocenters. The van der Waals surface area contributed by atoms with E-state index in [1.54, 1.807) is 0 Å². The molecule has 1 unspecified atom stereocenters. The molecule has 1 aliphatic heterocycles. The van der Waals surface area contributed by atoms with Crippen molar-refractivity contribution in [2.75, 3.05) is 13.1 Å². The first-order chi connectivity index (χ1) is 11.8. The van der Waals surface area contributed by atoms with Crippen molar-refractivity contribution in [3.05, 3.63) is 29.8 Å². The van der Waals surface area contributed by atoms with E-state index in [1.165, 1.54) is 24.8 Å². The number of hydrogen-bond donors (Lipinski definition) is 1. The molecule has 1 saturated heterocycles. The van der Waals surface area contributed by atoms with Crippen LogP contribution in [0.15, 0.2) is 24.3 Å². The number of carbonyl (C=O) groups excluding carboxylic acids is 1. The zero-order valence-corrected chi connectivity index (χ0v) is 15.8. The van der Waals surface area contributed by atoms with Crippen LogP contribution < -0.4 is 10.5 Å². The van der Waals surface area contributed by atoms with Crippen LogP contribution in [0, 0.1) is 0 Å². The first kappa shape index (κ1) is 20.1. The van der Waals surface area contributed by atoms with E-state index in [2.05, 4.69) is 12.1 Å². The molecular weight excluding hydrogens is 336 g/mol. The minimum Gasteiger partial charge on any atom is -0.490 e. The summed E-state index contributed by atoms with van der Waals surface area (Å²) in [5, 5.41) is 0. The molecule has 3 rings (SSSR count). The van der Waals surface area contributed by atoms with Crippen LogP contribution in [0.1, 0.15) is 56.9 Å². The van der Waals surface area contributed by atoms with E-state index in [9.17, 15) is 4.79 Å². The molecule has 1 saturated carbocycles. The van der Waals surface area contributed by atoms with Crippen molar-refractivity contribution in [3.63, 3.8) is 0 Å². The van der Waals surface area contributed by atoms with E-state index in [0.29, 0.717) is 19.1 Å². The maximum atomic E-state index is 12.5. The summed E-state index contributed by atoms with van der Waals surface area (Å²) in [4.78, 5) is 14.5. The number of amides is 1. The molecule has 25 heavy (non-hydrogen) atoms. The highest BCUT2D eigenvalue weighted by Crippen LogP contribution is 2.25. The molecule has 0 bridgehead atoms. The monoisotopic (exact) mass is 366 g/mol. The van der Waals surface area contributed by atoms with Gasteiger partial charge in [0, 0.05) is 25.6 Å². The molecule has 4 nitrogen and oxygen atoms in total. The molecule has 0 spiro atoms. The molecule has 2 fully saturated rings. The third-order valence-electron chi connectivity index (χ3n) is 5.35. The van der Waals surface area contributed by atoms with Crippen LogP contribution in [-0.4, -0.2) is 36.0 Å². The minimum atomic E-state index is 0. The fourth-order valence-corrected chi connectivity index (χ4v) is 3.94. The lowest BCUT2D eigenvalue weighted by Gasteiger charge is -2.35. The summed E-state index contributed by atoms with van der Waals surface area (Å²) >= 11 is 0. The second-order valence-electron chi connectivity index (χ2n) is 7.14. The molecule has 1 heterocycles. The molecule has 140 valence electrons. The molecule has 1 aromatic rings. The van der Waals surface area contributed by atoms with Crippen LogP contribution in [0.2, 0.25) is 0 Å². The highest BCUT2D eigenvalue weighted by Gasteiger charge is 2.25. The predicted octanol–water partition coefficient (Wildman–Crippen LogP) is 3.70. The Balaban J connectivity index is 0.00000225. The van der Waals surface area contributed by atoms with Gasteiger partial charge in [0.1, 0.15) is 5.75 Å². The lowest BCUT2D eigenvalue weighted by molar-refractivity contribution is -0.134. The van der Waals surface area contributed by atoms with Crippen molar-refractivity contribution >= 4 is 18.3 Å². The van der Waals surface area contributed by atoms with Crippen molar-refractivity contribution in [1.29, 1.82) is 0 Å². The van der Waals surface area contributed by atoms with Gasteiger partial charge in [-0.15, -0.1) is 12.4 Å². The zero-order valence-electron chi connectivity index (χ0n) is 15.0. The Morgan fingerprint density at radius 2 is 1.92 bits per heavy atom. The summed E-state index contributed by atoms with van der Waals surface area (Å²) in [5.41, 5.74) is 7.01. The number of benzene rings is 1. The highest BCUT2D eigenvalue weighted by atomic mass is 35.5. The Kier molecular flexibility index (Phi) is 8.04. The van der Waals surface area contributed by atoms with Gasteiger partial charge >= 0.3 is 0 Å². The number of halogens is 1. The Morgan fingerprint density at radius 1 is 1.16 bits per heavy atom. The molecule has 2 N–H and O–H groups in total. The van der Waals surface area contributed by atoms with E-state index < -0.39 is 0 Å². The first-order valence-corrected chi connectivity index (χ1v) is 9.51. The molecule has 0 aromatic heterocycles. The minimum absolute atomic E-state index is 0. The van der Waals surface area contributed by atoms with Crippen molar-refractivity contribution < 1.29 is 9.53 Å². The average molecular weight is 367 g/mol. The Morgan fingerprint density at radius 3 is 2.68 bits per heavy atom. The van der Waals surface area contributed by atoms with Crippen LogP contribution in [0.3, 0.4) is 0 Å². The maximum absolute atomic E-state index is 12.5. The van der Waals surface area contributed by atoms with Crippen molar-refractivity contribution in [1.82, 2.24) is 4.90 Å². The first-order valence-electron chi connectivity index (χ1n) is 9.51. The lowest BCUT2D eigenvalue weighted by Crippen LogP contribution is -2.47. The second-order valence-corrected chi connectivity index (χ2v) is 7.14. The van der Waals surface area contributed by atoms with E-state index in [0.717, 1.165) is 44.4 Å². The van der Waals surface area contributed by atoms with Gasteiger partial charge in [0.2, 0.25) is 5.91 Å². The lowest BCUT2D eigenvalue weighted by atomic mass is 10.0. The van der Waals surface area contributed by atoms with E-state index >= 15 is 0 Å². The number of piperidine rings is 1. The standard InChI is InChI=1S/C20H30N2O2.ClH/c21-15-17-7-3-4-13-22(17)20(23)12-11-16-6-5-10-19(14-16)24-18-8-1-2-9-18;/h5-6,10,14,17-18H,1-4,7-9,11-13,15,21H2;1H. The van der Waals surface area contributed by atoms with Gasteiger partial charge in [-0.05, 0) is 69.1 Å². The number of aryl methyl sites for hydroxylation is 1. The van der Waals surface area contributed by atoms with Crippen molar-refractivity contribution in [2.24, 2.45) is 5.73 Å². The summed E-state index contributed by atoms with van der Waals surface area (Å²) in [6.07, 6.45) is 9.93. The summed E-state index contributed by atoms with van der Waals surface area (Å²) in [7, 11) is 0. The van der Waals surface area contributed by atoms with Crippen LogP contribution in [0.4, 0.5) is 0 Å². The Labute approximate surface area is 157 Å². The van der Waals surface area contributed by atoms with Gasteiger partial charge < -0.3 is 15.4 Å². The molecule has 0 radical (unpaired) electrons. The second kappa shape index (κ2) is 10.0. The summed E-state index contributed by atoms with van der Waals surface area (Å²) in [5.74, 6) is 1.19. The van der Waals surface area contributed by atoms with Gasteiger partial charge in [0.15, 0.2) is 0 Å². The number of likely N-dealkylation sites (tertiary alicyclic amines) is 1. The fourth-order valence-electron chi connectivity index (χ4n) is 3.94. The Hall–Kier alpha value is -1.26. The smallest absolute Gasteiger partial charge is 0.223 e. The zero-order chi connectivity index (χ0) is 16.8. The summed E-state index contributed by atoms with van der Waals surface area (Å²) in [6.45, 7) is 1.45. The van der Waals surface area contributed by atoms with Gasteiger partial charge in [0.25, 0.3) is 0 Å². The van der Waals surface area contributed by atoms with Crippen molar-refractivity contribution in [2.45, 2.75) is 69.9 Å². The summed E-state index contributed by atoms with van der Waals surface area (Å²) in [6, 6.07) is 8.49. The maximum Gasteiger partial charge on any atom is 0.223 e. The number of nitrogens with two attached hydrogens (primary N) is 1. The van der Waals surface area contributed by atoms with E-state index in [-0.39, 0.29) is 24.4 Å². The largest absolute Gasteiger partial charge is 0.490 e. The topological polar surface area (TPSA) is 55.6 Å². The molecule has 1 aliphatic carbocycles. The summed E-state index contributed by atoms with van der Waals surface area (Å²) < 4.78 is 6.06. The van der Waals surface area contributed by atoms with Crippen LogP contribution in [0.25, 0.3) is 0 Å². The predicted molar refractivity (Wildman–Crippen MR) is 103 cm³/mol. The van der Waals surface area contributed by atoms with Crippen LogP contribution >= 0.6 is 12.4 Å². The van der Waals surface area contributed by atoms with E-state index in [1.807, 2.05) is 17.0 Å². The molecule has 2 aliphatic rings. The van der Waals surface area contributed by atoms with Crippen LogP contribution in [-0.2, 0) is 11.2 Å². The van der Waals surface area contributed by atoms with Gasteiger partial charge in [-0.2, -0.15) is 0 Å². The van der Waals surface area contributed by atoms with Gasteiger partial charge in [-0.3, -0.25) is 4.79 Å². The normalized spacial score (nSPS) is 21.0. The fraction of sp³-hybridized carbons (Fsp3) is 0.650. The highest BCUT2D eigenvalue weighted by molar-refractivity contribution is 5.85. The number of rotatable bonds is 6. The quantitative estimate of drug-likeness (QED) is 0.835. The van der Waals surface area contributed by atoms with Crippen LogP contribution in [0.5, 0.6) is 5.75 Å². The number of carbonyl (C=O) groups is 1. The Bertz CT molecular complexity index is 546. The molecule has 1 aromatic carbocycles.